The molecule has 0 unspecified atom stereocenters. The summed E-state index contributed by atoms with van der Waals surface area (Å²) in [5.74, 6) is 1.49. The lowest BCUT2D eigenvalue weighted by Crippen LogP contribution is -1.92. The average molecular weight is 333 g/mol. The van der Waals surface area contributed by atoms with E-state index in [1.165, 1.54) is 0 Å². The Labute approximate surface area is 136 Å². The molecule has 2 heterocycles. The number of halogens is 2. The number of rotatable bonds is 2. The van der Waals surface area contributed by atoms with Gasteiger partial charge in [-0.05, 0) is 42.5 Å². The fourth-order valence-electron chi connectivity index (χ4n) is 2.38. The minimum Gasteiger partial charge on any atom is -0.454 e. The first-order chi connectivity index (χ1) is 10.7. The number of benzene rings is 2. The molecule has 1 aromatic heterocycles. The largest absolute Gasteiger partial charge is 0.454 e. The van der Waals surface area contributed by atoms with E-state index in [9.17, 15) is 0 Å². The molecule has 0 saturated heterocycles. The maximum atomic E-state index is 6.03. The van der Waals surface area contributed by atoms with Crippen molar-refractivity contribution in [1.82, 2.24) is 10.2 Å². The van der Waals surface area contributed by atoms with Crippen molar-refractivity contribution in [3.63, 3.8) is 0 Å². The van der Waals surface area contributed by atoms with E-state index in [0.29, 0.717) is 10.0 Å². The topological polar surface area (TPSA) is 47.1 Å². The Morgan fingerprint density at radius 1 is 0.864 bits per heavy atom. The molecule has 4 nitrogen and oxygen atoms in total. The first-order valence-electron chi connectivity index (χ1n) is 6.61. The van der Waals surface area contributed by atoms with Gasteiger partial charge in [0.25, 0.3) is 0 Å². The Morgan fingerprint density at radius 3 is 2.45 bits per heavy atom. The molecule has 0 spiro atoms. The van der Waals surface area contributed by atoms with Crippen LogP contribution in [0.15, 0.2) is 42.5 Å². The van der Waals surface area contributed by atoms with Crippen LogP contribution in [0.3, 0.4) is 0 Å². The Hall–Kier alpha value is -2.17. The third-order valence-electron chi connectivity index (χ3n) is 3.42. The molecule has 0 atom stereocenters. The lowest BCUT2D eigenvalue weighted by atomic mass is 10.1. The van der Waals surface area contributed by atoms with Gasteiger partial charge in [0.1, 0.15) is 0 Å². The quantitative estimate of drug-likeness (QED) is 0.734. The SMILES string of the molecule is Clc1cc(Cl)cc(-c2cc(-c3ccc4c(c3)OCO4)[nH]n2)c1. The molecule has 0 saturated carbocycles. The second kappa shape index (κ2) is 5.23. The van der Waals surface area contributed by atoms with Crippen LogP contribution >= 0.6 is 23.2 Å². The van der Waals surface area contributed by atoms with E-state index in [2.05, 4.69) is 10.2 Å². The summed E-state index contributed by atoms with van der Waals surface area (Å²) in [6.45, 7) is 0.258. The number of hydrogen-bond donors (Lipinski definition) is 1. The smallest absolute Gasteiger partial charge is 0.231 e. The van der Waals surface area contributed by atoms with Crippen LogP contribution in [0.5, 0.6) is 11.5 Å². The standard InChI is InChI=1S/C16H10Cl2N2O2/c17-11-3-10(4-12(18)6-11)14-7-13(19-20-14)9-1-2-15-16(5-9)22-8-21-15/h1-7H,8H2,(H,19,20). The van der Waals surface area contributed by atoms with Gasteiger partial charge in [0, 0.05) is 21.2 Å². The highest BCUT2D eigenvalue weighted by Crippen LogP contribution is 2.36. The summed E-state index contributed by atoms with van der Waals surface area (Å²) in [6.07, 6.45) is 0. The van der Waals surface area contributed by atoms with Crippen molar-refractivity contribution in [2.24, 2.45) is 0 Å². The Bertz CT molecular complexity index is 841. The van der Waals surface area contributed by atoms with Gasteiger partial charge in [0.15, 0.2) is 11.5 Å². The Balaban J connectivity index is 1.72. The van der Waals surface area contributed by atoms with Gasteiger partial charge < -0.3 is 9.47 Å². The summed E-state index contributed by atoms with van der Waals surface area (Å²) in [7, 11) is 0. The van der Waals surface area contributed by atoms with Crippen molar-refractivity contribution in [3.05, 3.63) is 52.5 Å². The van der Waals surface area contributed by atoms with Crippen molar-refractivity contribution in [3.8, 4) is 34.0 Å². The van der Waals surface area contributed by atoms with Gasteiger partial charge in [-0.25, -0.2) is 0 Å². The highest BCUT2D eigenvalue weighted by molar-refractivity contribution is 6.35. The molecule has 0 fully saturated rings. The van der Waals surface area contributed by atoms with Gasteiger partial charge in [0.2, 0.25) is 6.79 Å². The van der Waals surface area contributed by atoms with Gasteiger partial charge in [-0.2, -0.15) is 5.10 Å². The molecule has 0 amide bonds. The van der Waals surface area contributed by atoms with E-state index in [4.69, 9.17) is 32.7 Å². The number of fused-ring (bicyclic) bond motifs is 1. The van der Waals surface area contributed by atoms with Crippen LogP contribution < -0.4 is 9.47 Å². The van der Waals surface area contributed by atoms with Gasteiger partial charge >= 0.3 is 0 Å². The van der Waals surface area contributed by atoms with Crippen LogP contribution in [0.25, 0.3) is 22.5 Å². The highest BCUT2D eigenvalue weighted by atomic mass is 35.5. The number of nitrogens with zero attached hydrogens (tertiary/aromatic N) is 1. The lowest BCUT2D eigenvalue weighted by Gasteiger charge is -2.00. The van der Waals surface area contributed by atoms with Crippen LogP contribution in [0.1, 0.15) is 0 Å². The lowest BCUT2D eigenvalue weighted by molar-refractivity contribution is 0.174. The molecule has 0 bridgehead atoms. The molecule has 0 aliphatic carbocycles. The maximum Gasteiger partial charge on any atom is 0.231 e. The van der Waals surface area contributed by atoms with E-state index in [1.807, 2.05) is 36.4 Å². The molecule has 22 heavy (non-hydrogen) atoms. The van der Waals surface area contributed by atoms with Gasteiger partial charge in [0.05, 0.1) is 11.4 Å². The minimum absolute atomic E-state index is 0.258. The number of nitrogens with one attached hydrogen (secondary N) is 1. The predicted octanol–water partition coefficient (Wildman–Crippen LogP) is 4.78. The highest BCUT2D eigenvalue weighted by Gasteiger charge is 2.15. The average Bonchev–Trinajstić information content (AvgIpc) is 3.14. The summed E-state index contributed by atoms with van der Waals surface area (Å²) < 4.78 is 10.7. The number of aromatic amines is 1. The molecular formula is C16H10Cl2N2O2. The number of ether oxygens (including phenoxy) is 2. The number of aromatic nitrogens is 2. The van der Waals surface area contributed by atoms with Gasteiger partial charge in [-0.15, -0.1) is 0 Å². The third-order valence-corrected chi connectivity index (χ3v) is 3.86. The summed E-state index contributed by atoms with van der Waals surface area (Å²) in [5.41, 5.74) is 3.48. The number of hydrogen-bond acceptors (Lipinski definition) is 3. The zero-order valence-electron chi connectivity index (χ0n) is 11.3. The van der Waals surface area contributed by atoms with Crippen LogP contribution in [0, 0.1) is 0 Å². The summed E-state index contributed by atoms with van der Waals surface area (Å²) in [6, 6.07) is 13.0. The molecule has 3 aromatic rings. The zero-order chi connectivity index (χ0) is 15.1. The molecule has 4 rings (SSSR count). The second-order valence-corrected chi connectivity index (χ2v) is 5.77. The van der Waals surface area contributed by atoms with Crippen LogP contribution in [-0.2, 0) is 0 Å². The van der Waals surface area contributed by atoms with Crippen LogP contribution in [0.2, 0.25) is 10.0 Å². The van der Waals surface area contributed by atoms with Crippen molar-refractivity contribution >= 4 is 23.2 Å². The third kappa shape index (κ3) is 2.40. The zero-order valence-corrected chi connectivity index (χ0v) is 12.8. The van der Waals surface area contributed by atoms with E-state index < -0.39 is 0 Å². The van der Waals surface area contributed by atoms with Gasteiger partial charge in [-0.3, -0.25) is 5.10 Å². The van der Waals surface area contributed by atoms with Crippen molar-refractivity contribution in [2.45, 2.75) is 0 Å². The fourth-order valence-corrected chi connectivity index (χ4v) is 2.91. The van der Waals surface area contributed by atoms with Crippen molar-refractivity contribution < 1.29 is 9.47 Å². The summed E-state index contributed by atoms with van der Waals surface area (Å²) >= 11 is 12.1. The normalized spacial score (nSPS) is 12.6. The fraction of sp³-hybridized carbons (Fsp3) is 0.0625. The predicted molar refractivity (Wildman–Crippen MR) is 85.6 cm³/mol. The molecule has 1 aliphatic rings. The second-order valence-electron chi connectivity index (χ2n) is 4.89. The minimum atomic E-state index is 0.258. The van der Waals surface area contributed by atoms with Crippen molar-refractivity contribution in [2.75, 3.05) is 6.79 Å². The van der Waals surface area contributed by atoms with Gasteiger partial charge in [-0.1, -0.05) is 23.2 Å². The molecule has 2 aromatic carbocycles. The Morgan fingerprint density at radius 2 is 1.64 bits per heavy atom. The Kier molecular flexibility index (Phi) is 3.21. The first-order valence-corrected chi connectivity index (χ1v) is 7.36. The van der Waals surface area contributed by atoms with Crippen molar-refractivity contribution in [1.29, 1.82) is 0 Å². The van der Waals surface area contributed by atoms with E-state index in [1.54, 1.807) is 6.07 Å². The first kappa shape index (κ1) is 13.5. The number of H-pyrrole nitrogens is 1. The molecule has 1 aliphatic heterocycles. The molecule has 1 N–H and O–H groups in total. The van der Waals surface area contributed by atoms with E-state index in [0.717, 1.165) is 34.0 Å². The summed E-state index contributed by atoms with van der Waals surface area (Å²) in [5, 5.41) is 8.50. The molecule has 110 valence electrons. The van der Waals surface area contributed by atoms with Crippen LogP contribution in [-0.4, -0.2) is 17.0 Å². The monoisotopic (exact) mass is 332 g/mol. The maximum absolute atomic E-state index is 6.03. The molecule has 0 radical (unpaired) electrons. The summed E-state index contributed by atoms with van der Waals surface area (Å²) in [4.78, 5) is 0. The molecular weight excluding hydrogens is 323 g/mol. The van der Waals surface area contributed by atoms with E-state index >= 15 is 0 Å². The van der Waals surface area contributed by atoms with E-state index in [-0.39, 0.29) is 6.79 Å². The molecule has 6 heteroatoms. The van der Waals surface area contributed by atoms with Crippen LogP contribution in [0.4, 0.5) is 0 Å².